The third-order valence-electron chi connectivity index (χ3n) is 1.82. The zero-order chi connectivity index (χ0) is 12.0. The van der Waals surface area contributed by atoms with E-state index < -0.39 is 13.0 Å². The zero-order valence-electron chi connectivity index (χ0n) is 8.83. The number of hydrogen-bond donors (Lipinski definition) is 0. The van der Waals surface area contributed by atoms with Crippen molar-refractivity contribution in [2.75, 3.05) is 13.2 Å². The van der Waals surface area contributed by atoms with E-state index in [0.29, 0.717) is 18.1 Å². The van der Waals surface area contributed by atoms with Gasteiger partial charge in [0.15, 0.2) is 5.82 Å². The molecule has 0 aliphatic rings. The largest absolute Gasteiger partial charge is 0.375 e. The quantitative estimate of drug-likeness (QED) is 0.574. The number of ether oxygens (including phenoxy) is 1. The first kappa shape index (κ1) is 13.5. The van der Waals surface area contributed by atoms with E-state index in [-0.39, 0.29) is 11.4 Å². The monoisotopic (exact) mass is 298 g/mol. The maximum Gasteiger partial charge on any atom is 0.261 e. The Morgan fingerprint density at radius 2 is 2.25 bits per heavy atom. The summed E-state index contributed by atoms with van der Waals surface area (Å²) in [7, 11) is 0. The average Bonchev–Trinajstić information content (AvgIpc) is 2.71. The molecule has 0 saturated carbocycles. The van der Waals surface area contributed by atoms with E-state index in [9.17, 15) is 8.78 Å². The second kappa shape index (κ2) is 6.90. The van der Waals surface area contributed by atoms with E-state index >= 15 is 0 Å². The fourth-order valence-electron chi connectivity index (χ4n) is 1.01. The molecule has 0 radical (unpaired) electrons. The van der Waals surface area contributed by atoms with E-state index in [4.69, 9.17) is 9.26 Å². The summed E-state index contributed by atoms with van der Waals surface area (Å²) in [4.78, 5) is 4.14. The topological polar surface area (TPSA) is 48.2 Å². The van der Waals surface area contributed by atoms with Gasteiger partial charge in [-0.25, -0.2) is 8.78 Å². The number of halogens is 3. The molecule has 0 aliphatic heterocycles. The first-order valence-corrected chi connectivity index (χ1v) is 5.87. The van der Waals surface area contributed by atoms with Crippen LogP contribution >= 0.6 is 15.9 Å². The van der Waals surface area contributed by atoms with Gasteiger partial charge < -0.3 is 9.26 Å². The van der Waals surface area contributed by atoms with Gasteiger partial charge in [-0.3, -0.25) is 0 Å². The second-order valence-electron chi connectivity index (χ2n) is 3.14. The number of nitrogens with zero attached hydrogens (tertiary/aromatic N) is 2. The predicted octanol–water partition coefficient (Wildman–Crippen LogP) is 2.74. The van der Waals surface area contributed by atoms with Gasteiger partial charge in [0.25, 0.3) is 6.43 Å². The Morgan fingerprint density at radius 3 is 2.88 bits per heavy atom. The van der Waals surface area contributed by atoms with Crippen LogP contribution in [0.25, 0.3) is 0 Å². The fourth-order valence-corrected chi connectivity index (χ4v) is 1.19. The van der Waals surface area contributed by atoms with E-state index in [2.05, 4.69) is 26.1 Å². The van der Waals surface area contributed by atoms with Crippen LogP contribution in [0.4, 0.5) is 8.78 Å². The van der Waals surface area contributed by atoms with Crippen molar-refractivity contribution in [2.24, 2.45) is 0 Å². The van der Waals surface area contributed by atoms with Crippen molar-refractivity contribution in [1.29, 1.82) is 0 Å². The van der Waals surface area contributed by atoms with Crippen LogP contribution in [0.3, 0.4) is 0 Å². The Bertz CT molecular complexity index is 309. The summed E-state index contributed by atoms with van der Waals surface area (Å²) in [5.74, 6) is 0.980. The molecule has 0 amide bonds. The molecule has 0 aliphatic carbocycles. The third-order valence-corrected chi connectivity index (χ3v) is 2.86. The van der Waals surface area contributed by atoms with Crippen LogP contribution < -0.4 is 0 Å². The number of hydrogen-bond acceptors (Lipinski definition) is 4. The molecule has 0 fully saturated rings. The van der Waals surface area contributed by atoms with Crippen LogP contribution in [0.15, 0.2) is 4.52 Å². The van der Waals surface area contributed by atoms with Crippen molar-refractivity contribution in [3.63, 3.8) is 0 Å². The van der Waals surface area contributed by atoms with Gasteiger partial charge in [0.05, 0.1) is 11.4 Å². The lowest BCUT2D eigenvalue weighted by Crippen LogP contribution is -2.07. The lowest BCUT2D eigenvalue weighted by Gasteiger charge is -2.00. The van der Waals surface area contributed by atoms with Crippen molar-refractivity contribution in [1.82, 2.24) is 10.1 Å². The summed E-state index contributed by atoms with van der Waals surface area (Å²) in [5.41, 5.74) is 0. The standard InChI is InChI=1S/C9H13BrF2N2O2/c1-2-6(10)9-13-8(14-16-9)3-4-15-5-7(11)12/h6-7H,2-5H2,1H3. The predicted molar refractivity (Wildman–Crippen MR) is 56.8 cm³/mol. The molecule has 1 heterocycles. The molecule has 1 rings (SSSR count). The highest BCUT2D eigenvalue weighted by molar-refractivity contribution is 9.09. The van der Waals surface area contributed by atoms with Gasteiger partial charge in [0, 0.05) is 6.42 Å². The Hall–Kier alpha value is -0.560. The first-order valence-electron chi connectivity index (χ1n) is 4.96. The Morgan fingerprint density at radius 1 is 1.50 bits per heavy atom. The van der Waals surface area contributed by atoms with Gasteiger partial charge >= 0.3 is 0 Å². The summed E-state index contributed by atoms with van der Waals surface area (Å²) < 4.78 is 33.2. The average molecular weight is 299 g/mol. The van der Waals surface area contributed by atoms with Crippen molar-refractivity contribution >= 4 is 15.9 Å². The van der Waals surface area contributed by atoms with Gasteiger partial charge in [0.1, 0.15) is 6.61 Å². The van der Waals surface area contributed by atoms with Gasteiger partial charge in [-0.2, -0.15) is 4.98 Å². The highest BCUT2D eigenvalue weighted by Gasteiger charge is 2.13. The van der Waals surface area contributed by atoms with Crippen molar-refractivity contribution in [2.45, 2.75) is 31.0 Å². The van der Waals surface area contributed by atoms with Gasteiger partial charge in [-0.05, 0) is 6.42 Å². The summed E-state index contributed by atoms with van der Waals surface area (Å²) in [6.07, 6.45) is -1.23. The van der Waals surface area contributed by atoms with Crippen LogP contribution in [-0.2, 0) is 11.2 Å². The molecule has 16 heavy (non-hydrogen) atoms. The molecular weight excluding hydrogens is 286 g/mol. The number of rotatable bonds is 7. The first-order chi connectivity index (χ1) is 7.63. The summed E-state index contributed by atoms with van der Waals surface area (Å²) in [6.45, 7) is 1.60. The molecule has 4 nitrogen and oxygen atoms in total. The third kappa shape index (κ3) is 4.52. The van der Waals surface area contributed by atoms with E-state index in [1.165, 1.54) is 0 Å². The molecular formula is C9H13BrF2N2O2. The SMILES string of the molecule is CCC(Br)c1nc(CCOCC(F)F)no1. The second-order valence-corrected chi connectivity index (χ2v) is 4.25. The van der Waals surface area contributed by atoms with Crippen LogP contribution in [0.2, 0.25) is 0 Å². The summed E-state index contributed by atoms with van der Waals surface area (Å²) >= 11 is 3.37. The van der Waals surface area contributed by atoms with E-state index in [1.807, 2.05) is 6.92 Å². The molecule has 0 bridgehead atoms. The van der Waals surface area contributed by atoms with Gasteiger partial charge in [0.2, 0.25) is 5.89 Å². The number of alkyl halides is 3. The maximum atomic E-state index is 11.7. The lowest BCUT2D eigenvalue weighted by molar-refractivity contribution is 0.0182. The normalized spacial score (nSPS) is 13.3. The minimum Gasteiger partial charge on any atom is -0.375 e. The summed E-state index contributed by atoms with van der Waals surface area (Å²) in [5, 5.41) is 3.72. The molecule has 1 atom stereocenters. The Labute approximate surface area is 100 Å². The maximum absolute atomic E-state index is 11.7. The Balaban J connectivity index is 2.29. The smallest absolute Gasteiger partial charge is 0.261 e. The van der Waals surface area contributed by atoms with E-state index in [0.717, 1.165) is 6.42 Å². The highest BCUT2D eigenvalue weighted by atomic mass is 79.9. The minimum absolute atomic E-state index is 0.0377. The van der Waals surface area contributed by atoms with Crippen LogP contribution in [0.1, 0.15) is 29.9 Å². The van der Waals surface area contributed by atoms with Crippen LogP contribution in [0, 0.1) is 0 Å². The summed E-state index contributed by atoms with van der Waals surface area (Å²) in [6, 6.07) is 0. The Kier molecular flexibility index (Phi) is 5.83. The van der Waals surface area contributed by atoms with Crippen LogP contribution in [-0.4, -0.2) is 29.8 Å². The molecule has 1 unspecified atom stereocenters. The van der Waals surface area contributed by atoms with Gasteiger partial charge in [-0.15, -0.1) is 0 Å². The fraction of sp³-hybridized carbons (Fsp3) is 0.778. The van der Waals surface area contributed by atoms with Crippen molar-refractivity contribution in [3.8, 4) is 0 Å². The molecule has 0 saturated heterocycles. The minimum atomic E-state index is -2.44. The van der Waals surface area contributed by atoms with Crippen molar-refractivity contribution < 1.29 is 18.0 Å². The molecule has 0 aromatic carbocycles. The molecule has 0 N–H and O–H groups in total. The van der Waals surface area contributed by atoms with E-state index in [1.54, 1.807) is 0 Å². The zero-order valence-corrected chi connectivity index (χ0v) is 10.4. The highest BCUT2D eigenvalue weighted by Crippen LogP contribution is 2.23. The van der Waals surface area contributed by atoms with Crippen LogP contribution in [0.5, 0.6) is 0 Å². The van der Waals surface area contributed by atoms with Gasteiger partial charge in [-0.1, -0.05) is 28.0 Å². The molecule has 1 aromatic rings. The van der Waals surface area contributed by atoms with Crippen molar-refractivity contribution in [3.05, 3.63) is 11.7 Å². The lowest BCUT2D eigenvalue weighted by atomic mass is 10.3. The molecule has 7 heteroatoms. The number of aromatic nitrogens is 2. The molecule has 0 spiro atoms. The molecule has 1 aromatic heterocycles. The molecule has 92 valence electrons.